The molecule has 0 radical (unpaired) electrons. The number of anilines is 1. The number of nitrogen functional groups attached to an aromatic ring is 1. The fourth-order valence-electron chi connectivity index (χ4n) is 1.63. The van der Waals surface area contributed by atoms with E-state index in [0.717, 1.165) is 24.6 Å². The molecule has 0 atom stereocenters. The zero-order valence-corrected chi connectivity index (χ0v) is 9.32. The van der Waals surface area contributed by atoms with E-state index in [1.54, 1.807) is 0 Å². The lowest BCUT2D eigenvalue weighted by Crippen LogP contribution is -2.06. The summed E-state index contributed by atoms with van der Waals surface area (Å²) in [5.41, 5.74) is 6.26. The molecular formula is C11H12F2N4. The van der Waals surface area contributed by atoms with E-state index in [0.29, 0.717) is 12.1 Å². The Kier molecular flexibility index (Phi) is 3.03. The molecule has 2 N–H and O–H groups in total. The van der Waals surface area contributed by atoms with Crippen molar-refractivity contribution < 1.29 is 8.78 Å². The molecule has 0 bridgehead atoms. The smallest absolute Gasteiger partial charge is 0.169 e. The Hall–Kier alpha value is -1.98. The van der Waals surface area contributed by atoms with Crippen molar-refractivity contribution in [1.29, 1.82) is 0 Å². The van der Waals surface area contributed by atoms with Crippen LogP contribution in [0.25, 0.3) is 5.69 Å². The fourth-order valence-corrected chi connectivity index (χ4v) is 1.63. The second kappa shape index (κ2) is 4.48. The summed E-state index contributed by atoms with van der Waals surface area (Å²) in [6.07, 6.45) is 1.42. The van der Waals surface area contributed by atoms with E-state index < -0.39 is 11.6 Å². The highest BCUT2D eigenvalue weighted by Gasteiger charge is 2.14. The van der Waals surface area contributed by atoms with Gasteiger partial charge in [-0.1, -0.05) is 18.6 Å². The van der Waals surface area contributed by atoms with E-state index in [-0.39, 0.29) is 11.5 Å². The van der Waals surface area contributed by atoms with Crippen molar-refractivity contribution in [1.82, 2.24) is 15.0 Å². The SMILES string of the molecule is CCCc1c(N)nnn1-c1cc(F)ccc1F. The van der Waals surface area contributed by atoms with Crippen molar-refractivity contribution >= 4 is 5.82 Å². The molecule has 0 aliphatic rings. The molecule has 0 saturated heterocycles. The highest BCUT2D eigenvalue weighted by atomic mass is 19.1. The van der Waals surface area contributed by atoms with Gasteiger partial charge in [0.2, 0.25) is 0 Å². The van der Waals surface area contributed by atoms with Gasteiger partial charge in [0, 0.05) is 6.07 Å². The number of halogens is 2. The summed E-state index contributed by atoms with van der Waals surface area (Å²) >= 11 is 0. The second-order valence-electron chi connectivity index (χ2n) is 3.68. The normalized spacial score (nSPS) is 10.8. The Morgan fingerprint density at radius 2 is 2.12 bits per heavy atom. The third-order valence-electron chi connectivity index (χ3n) is 2.42. The summed E-state index contributed by atoms with van der Waals surface area (Å²) in [5, 5.41) is 7.43. The van der Waals surface area contributed by atoms with Crippen molar-refractivity contribution in [3.8, 4) is 5.69 Å². The molecule has 1 aromatic carbocycles. The van der Waals surface area contributed by atoms with Gasteiger partial charge in [0.05, 0.1) is 5.69 Å². The number of hydrogen-bond acceptors (Lipinski definition) is 3. The molecule has 2 aromatic rings. The lowest BCUT2D eigenvalue weighted by Gasteiger charge is -2.06. The third-order valence-corrected chi connectivity index (χ3v) is 2.42. The highest BCUT2D eigenvalue weighted by molar-refractivity contribution is 5.41. The molecule has 0 aliphatic carbocycles. The van der Waals surface area contributed by atoms with Gasteiger partial charge in [-0.15, -0.1) is 5.10 Å². The summed E-state index contributed by atoms with van der Waals surface area (Å²) in [6, 6.07) is 3.18. The second-order valence-corrected chi connectivity index (χ2v) is 3.68. The monoisotopic (exact) mass is 238 g/mol. The Morgan fingerprint density at radius 3 is 2.82 bits per heavy atom. The van der Waals surface area contributed by atoms with E-state index in [1.807, 2.05) is 6.92 Å². The van der Waals surface area contributed by atoms with Crippen LogP contribution < -0.4 is 5.73 Å². The number of rotatable bonds is 3. The van der Waals surface area contributed by atoms with Crippen LogP contribution in [-0.4, -0.2) is 15.0 Å². The van der Waals surface area contributed by atoms with E-state index in [1.165, 1.54) is 4.68 Å². The van der Waals surface area contributed by atoms with Gasteiger partial charge in [0.25, 0.3) is 0 Å². The van der Waals surface area contributed by atoms with E-state index >= 15 is 0 Å². The zero-order chi connectivity index (χ0) is 12.4. The maximum Gasteiger partial charge on any atom is 0.169 e. The van der Waals surface area contributed by atoms with Crippen LogP contribution in [0.3, 0.4) is 0 Å². The first-order chi connectivity index (χ1) is 8.13. The molecule has 0 saturated carbocycles. The summed E-state index contributed by atoms with van der Waals surface area (Å²) in [4.78, 5) is 0. The Labute approximate surface area is 97.0 Å². The van der Waals surface area contributed by atoms with Crippen molar-refractivity contribution in [2.75, 3.05) is 5.73 Å². The van der Waals surface area contributed by atoms with Crippen LogP contribution in [0.5, 0.6) is 0 Å². The quantitative estimate of drug-likeness (QED) is 0.890. The maximum absolute atomic E-state index is 13.6. The molecule has 6 heteroatoms. The van der Waals surface area contributed by atoms with Crippen molar-refractivity contribution in [3.63, 3.8) is 0 Å². The molecule has 0 aliphatic heterocycles. The lowest BCUT2D eigenvalue weighted by atomic mass is 10.2. The summed E-state index contributed by atoms with van der Waals surface area (Å²) in [6.45, 7) is 1.96. The Balaban J connectivity index is 2.56. The minimum atomic E-state index is -0.561. The zero-order valence-electron chi connectivity index (χ0n) is 9.32. The van der Waals surface area contributed by atoms with Crippen LogP contribution in [0, 0.1) is 11.6 Å². The first-order valence-corrected chi connectivity index (χ1v) is 5.29. The van der Waals surface area contributed by atoms with Gasteiger partial charge in [0.15, 0.2) is 5.82 Å². The predicted octanol–water partition coefficient (Wildman–Crippen LogP) is 2.08. The maximum atomic E-state index is 13.6. The number of nitrogens with two attached hydrogens (primary N) is 1. The first-order valence-electron chi connectivity index (χ1n) is 5.29. The van der Waals surface area contributed by atoms with E-state index in [4.69, 9.17) is 5.73 Å². The van der Waals surface area contributed by atoms with Gasteiger partial charge in [0.1, 0.15) is 17.3 Å². The van der Waals surface area contributed by atoms with Crippen LogP contribution in [-0.2, 0) is 6.42 Å². The molecule has 90 valence electrons. The molecule has 0 amide bonds. The van der Waals surface area contributed by atoms with Crippen molar-refractivity contribution in [3.05, 3.63) is 35.5 Å². The standard InChI is InChI=1S/C11H12F2N4/c1-2-3-9-11(14)15-16-17(9)10-6-7(12)4-5-8(10)13/h4-6H,2-3,14H2,1H3. The minimum absolute atomic E-state index is 0.0256. The minimum Gasteiger partial charge on any atom is -0.381 e. The number of benzene rings is 1. The third kappa shape index (κ3) is 2.11. The Morgan fingerprint density at radius 1 is 1.35 bits per heavy atom. The van der Waals surface area contributed by atoms with Crippen LogP contribution in [0.15, 0.2) is 18.2 Å². The number of aromatic nitrogens is 3. The Bertz CT molecular complexity index is 536. The summed E-state index contributed by atoms with van der Waals surface area (Å²) in [5.74, 6) is -0.845. The lowest BCUT2D eigenvalue weighted by molar-refractivity contribution is 0.580. The molecule has 17 heavy (non-hydrogen) atoms. The number of nitrogens with zero attached hydrogens (tertiary/aromatic N) is 3. The molecule has 0 spiro atoms. The average Bonchev–Trinajstić information content (AvgIpc) is 2.65. The van der Waals surface area contributed by atoms with Crippen LogP contribution >= 0.6 is 0 Å². The topological polar surface area (TPSA) is 56.7 Å². The van der Waals surface area contributed by atoms with Crippen LogP contribution in [0.4, 0.5) is 14.6 Å². The molecule has 0 fully saturated rings. The predicted molar refractivity (Wildman–Crippen MR) is 59.7 cm³/mol. The van der Waals surface area contributed by atoms with Gasteiger partial charge in [-0.3, -0.25) is 0 Å². The van der Waals surface area contributed by atoms with Gasteiger partial charge in [-0.25, -0.2) is 13.5 Å². The van der Waals surface area contributed by atoms with Gasteiger partial charge < -0.3 is 5.73 Å². The van der Waals surface area contributed by atoms with Gasteiger partial charge >= 0.3 is 0 Å². The highest BCUT2D eigenvalue weighted by Crippen LogP contribution is 2.19. The average molecular weight is 238 g/mol. The van der Waals surface area contributed by atoms with Crippen LogP contribution in [0.2, 0.25) is 0 Å². The number of hydrogen-bond donors (Lipinski definition) is 1. The summed E-state index contributed by atoms with van der Waals surface area (Å²) in [7, 11) is 0. The first kappa shape index (κ1) is 11.5. The largest absolute Gasteiger partial charge is 0.381 e. The van der Waals surface area contributed by atoms with Crippen molar-refractivity contribution in [2.24, 2.45) is 0 Å². The molecule has 2 rings (SSSR count). The van der Waals surface area contributed by atoms with Crippen molar-refractivity contribution in [2.45, 2.75) is 19.8 Å². The molecule has 1 heterocycles. The molecule has 4 nitrogen and oxygen atoms in total. The molecular weight excluding hydrogens is 226 g/mol. The van der Waals surface area contributed by atoms with E-state index in [2.05, 4.69) is 10.3 Å². The fraction of sp³-hybridized carbons (Fsp3) is 0.273. The molecule has 1 aromatic heterocycles. The van der Waals surface area contributed by atoms with E-state index in [9.17, 15) is 8.78 Å². The molecule has 0 unspecified atom stereocenters. The van der Waals surface area contributed by atoms with Gasteiger partial charge in [-0.2, -0.15) is 0 Å². The summed E-state index contributed by atoms with van der Waals surface area (Å²) < 4.78 is 27.9. The van der Waals surface area contributed by atoms with Crippen LogP contribution in [0.1, 0.15) is 19.0 Å². The van der Waals surface area contributed by atoms with Gasteiger partial charge in [-0.05, 0) is 18.6 Å².